The third kappa shape index (κ3) is 2.92. The molecule has 2 nitrogen and oxygen atoms in total. The number of rotatable bonds is 3. The normalized spacial score (nSPS) is 10.5. The molecule has 0 saturated carbocycles. The van der Waals surface area contributed by atoms with E-state index in [1.54, 1.807) is 11.3 Å². The van der Waals surface area contributed by atoms with Gasteiger partial charge in [-0.1, -0.05) is 26.0 Å². The zero-order valence-electron chi connectivity index (χ0n) is 9.97. The van der Waals surface area contributed by atoms with Gasteiger partial charge in [-0.25, -0.2) is 4.98 Å². The Morgan fingerprint density at radius 3 is 2.94 bits per heavy atom. The van der Waals surface area contributed by atoms with Crippen molar-refractivity contribution in [2.45, 2.75) is 20.3 Å². The van der Waals surface area contributed by atoms with Gasteiger partial charge in [0.05, 0.1) is 22.3 Å². The molecule has 2 aromatic rings. The Balaban J connectivity index is 2.27. The van der Waals surface area contributed by atoms with E-state index in [0.717, 1.165) is 22.7 Å². The molecule has 0 unspecified atom stereocenters. The maximum absolute atomic E-state index is 8.87. The Kier molecular flexibility index (Phi) is 3.55. The van der Waals surface area contributed by atoms with Crippen LogP contribution in [0.15, 0.2) is 29.6 Å². The highest BCUT2D eigenvalue weighted by atomic mass is 32.1. The average Bonchev–Trinajstić information content (AvgIpc) is 2.77. The lowest BCUT2D eigenvalue weighted by atomic mass is 10.1. The number of thiazole rings is 1. The molecule has 17 heavy (non-hydrogen) atoms. The molecule has 0 atom stereocenters. The number of nitrogens with zero attached hydrogens (tertiary/aromatic N) is 2. The molecule has 0 N–H and O–H groups in total. The SMILES string of the molecule is CC(C)Cc1nc(-c2cccc(C#N)c2)cs1. The molecule has 0 saturated heterocycles. The highest BCUT2D eigenvalue weighted by Gasteiger charge is 2.06. The van der Waals surface area contributed by atoms with Gasteiger partial charge in [-0.15, -0.1) is 11.3 Å². The van der Waals surface area contributed by atoms with E-state index in [-0.39, 0.29) is 0 Å². The summed E-state index contributed by atoms with van der Waals surface area (Å²) in [5.41, 5.74) is 2.68. The highest BCUT2D eigenvalue weighted by Crippen LogP contribution is 2.24. The van der Waals surface area contributed by atoms with Gasteiger partial charge in [-0.3, -0.25) is 0 Å². The number of hydrogen-bond donors (Lipinski definition) is 0. The van der Waals surface area contributed by atoms with Gasteiger partial charge in [0.2, 0.25) is 0 Å². The van der Waals surface area contributed by atoms with Crippen molar-refractivity contribution in [3.05, 3.63) is 40.2 Å². The summed E-state index contributed by atoms with van der Waals surface area (Å²) >= 11 is 1.69. The summed E-state index contributed by atoms with van der Waals surface area (Å²) in [6.45, 7) is 4.38. The van der Waals surface area contributed by atoms with Crippen LogP contribution in [0.1, 0.15) is 24.4 Å². The van der Waals surface area contributed by atoms with E-state index in [9.17, 15) is 0 Å². The lowest BCUT2D eigenvalue weighted by Gasteiger charge is -1.99. The second-order valence-electron chi connectivity index (χ2n) is 4.42. The largest absolute Gasteiger partial charge is 0.241 e. The van der Waals surface area contributed by atoms with Crippen LogP contribution in [0.2, 0.25) is 0 Å². The number of hydrogen-bond acceptors (Lipinski definition) is 3. The summed E-state index contributed by atoms with van der Waals surface area (Å²) in [7, 11) is 0. The van der Waals surface area contributed by atoms with E-state index in [2.05, 4.69) is 30.3 Å². The molecule has 0 aliphatic carbocycles. The highest BCUT2D eigenvalue weighted by molar-refractivity contribution is 7.09. The first kappa shape index (κ1) is 11.8. The van der Waals surface area contributed by atoms with Crippen LogP contribution in [0, 0.1) is 17.2 Å². The van der Waals surface area contributed by atoms with Crippen molar-refractivity contribution in [2.24, 2.45) is 5.92 Å². The van der Waals surface area contributed by atoms with Gasteiger partial charge in [-0.2, -0.15) is 5.26 Å². The van der Waals surface area contributed by atoms with Gasteiger partial charge < -0.3 is 0 Å². The van der Waals surface area contributed by atoms with Crippen LogP contribution in [-0.2, 0) is 6.42 Å². The second kappa shape index (κ2) is 5.11. The topological polar surface area (TPSA) is 36.7 Å². The smallest absolute Gasteiger partial charge is 0.0991 e. The molecule has 0 aliphatic heterocycles. The zero-order valence-corrected chi connectivity index (χ0v) is 10.8. The first-order valence-corrected chi connectivity index (χ1v) is 6.52. The molecule has 1 aromatic carbocycles. The Bertz CT molecular complexity index is 549. The summed E-state index contributed by atoms with van der Waals surface area (Å²) < 4.78 is 0. The minimum absolute atomic E-state index is 0.624. The minimum Gasteiger partial charge on any atom is -0.241 e. The molecular formula is C14H14N2S. The van der Waals surface area contributed by atoms with Crippen LogP contribution in [0.5, 0.6) is 0 Å². The van der Waals surface area contributed by atoms with Crippen molar-refractivity contribution in [1.29, 1.82) is 5.26 Å². The monoisotopic (exact) mass is 242 g/mol. The second-order valence-corrected chi connectivity index (χ2v) is 5.36. The Morgan fingerprint density at radius 2 is 2.24 bits per heavy atom. The third-order valence-corrected chi connectivity index (χ3v) is 3.29. The van der Waals surface area contributed by atoms with Crippen LogP contribution in [0.25, 0.3) is 11.3 Å². The molecule has 86 valence electrons. The van der Waals surface area contributed by atoms with Crippen LogP contribution < -0.4 is 0 Å². The van der Waals surface area contributed by atoms with Gasteiger partial charge in [0.1, 0.15) is 0 Å². The van der Waals surface area contributed by atoms with Crippen molar-refractivity contribution in [2.75, 3.05) is 0 Å². The van der Waals surface area contributed by atoms with E-state index >= 15 is 0 Å². The van der Waals surface area contributed by atoms with Gasteiger partial charge in [0.25, 0.3) is 0 Å². The number of aromatic nitrogens is 1. The predicted molar refractivity (Wildman–Crippen MR) is 70.8 cm³/mol. The molecule has 1 heterocycles. The molecular weight excluding hydrogens is 228 g/mol. The third-order valence-electron chi connectivity index (χ3n) is 2.42. The first-order valence-electron chi connectivity index (χ1n) is 5.64. The van der Waals surface area contributed by atoms with Crippen molar-refractivity contribution < 1.29 is 0 Å². The molecule has 0 fully saturated rings. The van der Waals surface area contributed by atoms with Crippen LogP contribution in [-0.4, -0.2) is 4.98 Å². The summed E-state index contributed by atoms with van der Waals surface area (Å²) in [5.74, 6) is 0.624. The first-order chi connectivity index (χ1) is 8.19. The number of nitriles is 1. The average molecular weight is 242 g/mol. The van der Waals surface area contributed by atoms with E-state index < -0.39 is 0 Å². The molecule has 0 radical (unpaired) electrons. The van der Waals surface area contributed by atoms with Gasteiger partial charge >= 0.3 is 0 Å². The van der Waals surface area contributed by atoms with Crippen molar-refractivity contribution in [3.63, 3.8) is 0 Å². The molecule has 0 aliphatic rings. The van der Waals surface area contributed by atoms with Gasteiger partial charge in [0.15, 0.2) is 0 Å². The van der Waals surface area contributed by atoms with Gasteiger partial charge in [-0.05, 0) is 18.1 Å². The molecule has 0 bridgehead atoms. The minimum atomic E-state index is 0.624. The summed E-state index contributed by atoms with van der Waals surface area (Å²) in [6, 6.07) is 9.74. The molecule has 0 amide bonds. The lowest BCUT2D eigenvalue weighted by molar-refractivity contribution is 0.645. The maximum Gasteiger partial charge on any atom is 0.0991 e. The van der Waals surface area contributed by atoms with Gasteiger partial charge in [0, 0.05) is 17.4 Å². The quantitative estimate of drug-likeness (QED) is 0.819. The molecule has 1 aromatic heterocycles. The summed E-state index contributed by atoms with van der Waals surface area (Å²) in [5, 5.41) is 12.1. The molecule has 3 heteroatoms. The Labute approximate surface area is 106 Å². The fraction of sp³-hybridized carbons (Fsp3) is 0.286. The molecule has 2 rings (SSSR count). The lowest BCUT2D eigenvalue weighted by Crippen LogP contribution is -1.92. The predicted octanol–water partition coefficient (Wildman–Crippen LogP) is 3.88. The summed E-state index contributed by atoms with van der Waals surface area (Å²) in [4.78, 5) is 4.61. The van der Waals surface area contributed by atoms with Crippen LogP contribution >= 0.6 is 11.3 Å². The van der Waals surface area contributed by atoms with Crippen molar-refractivity contribution in [1.82, 2.24) is 4.98 Å². The van der Waals surface area contributed by atoms with E-state index in [0.29, 0.717) is 11.5 Å². The van der Waals surface area contributed by atoms with E-state index in [1.807, 2.05) is 24.3 Å². The van der Waals surface area contributed by atoms with Crippen LogP contribution in [0.4, 0.5) is 0 Å². The Hall–Kier alpha value is -1.66. The Morgan fingerprint density at radius 1 is 1.41 bits per heavy atom. The standard InChI is InChI=1S/C14H14N2S/c1-10(2)6-14-16-13(9-17-14)12-5-3-4-11(7-12)8-15/h3-5,7,9-10H,6H2,1-2H3. The van der Waals surface area contributed by atoms with E-state index in [1.165, 1.54) is 0 Å². The van der Waals surface area contributed by atoms with E-state index in [4.69, 9.17) is 5.26 Å². The van der Waals surface area contributed by atoms with Crippen molar-refractivity contribution in [3.8, 4) is 17.3 Å². The van der Waals surface area contributed by atoms with Crippen molar-refractivity contribution >= 4 is 11.3 Å². The number of benzene rings is 1. The zero-order chi connectivity index (χ0) is 12.3. The molecule has 0 spiro atoms. The fourth-order valence-corrected chi connectivity index (χ4v) is 2.65. The maximum atomic E-state index is 8.87. The van der Waals surface area contributed by atoms with Crippen LogP contribution in [0.3, 0.4) is 0 Å². The summed E-state index contributed by atoms with van der Waals surface area (Å²) in [6.07, 6.45) is 1.02. The fourth-order valence-electron chi connectivity index (χ4n) is 1.63.